The van der Waals surface area contributed by atoms with Crippen LogP contribution in [0.25, 0.3) is 11.3 Å². The molecular formula is C24H28N4O. The fourth-order valence-electron chi connectivity index (χ4n) is 3.54. The highest BCUT2D eigenvalue weighted by molar-refractivity contribution is 5.65. The third kappa shape index (κ3) is 4.74. The van der Waals surface area contributed by atoms with Crippen molar-refractivity contribution in [2.24, 2.45) is 0 Å². The predicted octanol–water partition coefficient (Wildman–Crippen LogP) is 4.40. The first kappa shape index (κ1) is 19.4. The van der Waals surface area contributed by atoms with E-state index in [2.05, 4.69) is 84.3 Å². The molecule has 0 unspecified atom stereocenters. The van der Waals surface area contributed by atoms with E-state index < -0.39 is 0 Å². The summed E-state index contributed by atoms with van der Waals surface area (Å²) in [6.45, 7) is 8.30. The molecule has 0 N–H and O–H groups in total. The fourth-order valence-corrected chi connectivity index (χ4v) is 3.54. The van der Waals surface area contributed by atoms with Crippen molar-refractivity contribution in [1.82, 2.24) is 9.97 Å². The first-order valence-electron chi connectivity index (χ1n) is 10.3. The second-order valence-corrected chi connectivity index (χ2v) is 7.58. The maximum absolute atomic E-state index is 5.52. The smallest absolute Gasteiger partial charge is 0.228 e. The van der Waals surface area contributed by atoms with Gasteiger partial charge in [0, 0.05) is 37.3 Å². The van der Waals surface area contributed by atoms with Crippen molar-refractivity contribution in [3.63, 3.8) is 0 Å². The molecule has 1 fully saturated rings. The summed E-state index contributed by atoms with van der Waals surface area (Å²) in [7, 11) is 0. The number of anilines is 2. The topological polar surface area (TPSA) is 41.5 Å². The SMILES string of the molecule is CC(C)N(Cc1ccccc1)c1cc(-c2ccccc2)nc(N2CCOCC2)n1. The zero-order valence-electron chi connectivity index (χ0n) is 17.2. The average Bonchev–Trinajstić information content (AvgIpc) is 2.79. The molecular weight excluding hydrogens is 360 g/mol. The Morgan fingerprint density at radius 1 is 0.931 bits per heavy atom. The molecule has 1 aromatic heterocycles. The molecule has 1 aliphatic heterocycles. The van der Waals surface area contributed by atoms with Gasteiger partial charge in [-0.1, -0.05) is 60.7 Å². The predicted molar refractivity (Wildman–Crippen MR) is 118 cm³/mol. The van der Waals surface area contributed by atoms with Crippen LogP contribution in [0, 0.1) is 0 Å². The van der Waals surface area contributed by atoms with E-state index in [4.69, 9.17) is 14.7 Å². The molecule has 0 amide bonds. The number of ether oxygens (including phenoxy) is 1. The molecule has 5 nitrogen and oxygen atoms in total. The molecule has 1 aliphatic rings. The van der Waals surface area contributed by atoms with Gasteiger partial charge in [0.2, 0.25) is 5.95 Å². The van der Waals surface area contributed by atoms with Crippen molar-refractivity contribution in [3.8, 4) is 11.3 Å². The molecule has 0 saturated carbocycles. The van der Waals surface area contributed by atoms with Crippen LogP contribution in [0.2, 0.25) is 0 Å². The normalized spacial score (nSPS) is 14.2. The number of rotatable bonds is 6. The number of benzene rings is 2. The van der Waals surface area contributed by atoms with Crippen LogP contribution in [0.5, 0.6) is 0 Å². The highest BCUT2D eigenvalue weighted by atomic mass is 16.5. The van der Waals surface area contributed by atoms with Crippen molar-refractivity contribution >= 4 is 11.8 Å². The molecule has 4 rings (SSSR count). The zero-order chi connectivity index (χ0) is 20.1. The van der Waals surface area contributed by atoms with Crippen molar-refractivity contribution in [3.05, 3.63) is 72.3 Å². The molecule has 0 spiro atoms. The average molecular weight is 389 g/mol. The standard InChI is InChI=1S/C24H28N4O/c1-19(2)28(18-20-9-5-3-6-10-20)23-17-22(21-11-7-4-8-12-21)25-24(26-23)27-13-15-29-16-14-27/h3-12,17,19H,13-16,18H2,1-2H3. The Morgan fingerprint density at radius 2 is 1.59 bits per heavy atom. The fraction of sp³-hybridized carbons (Fsp3) is 0.333. The number of hydrogen-bond acceptors (Lipinski definition) is 5. The van der Waals surface area contributed by atoms with Crippen LogP contribution in [0.3, 0.4) is 0 Å². The molecule has 2 heterocycles. The Bertz CT molecular complexity index is 909. The lowest BCUT2D eigenvalue weighted by molar-refractivity contribution is 0.122. The minimum atomic E-state index is 0.311. The lowest BCUT2D eigenvalue weighted by Crippen LogP contribution is -2.38. The molecule has 0 atom stereocenters. The van der Waals surface area contributed by atoms with Gasteiger partial charge in [-0.2, -0.15) is 4.98 Å². The monoisotopic (exact) mass is 388 g/mol. The number of hydrogen-bond donors (Lipinski definition) is 0. The number of morpholine rings is 1. The first-order valence-corrected chi connectivity index (χ1v) is 10.3. The number of nitrogens with zero attached hydrogens (tertiary/aromatic N) is 4. The van der Waals surface area contributed by atoms with Gasteiger partial charge in [0.05, 0.1) is 18.9 Å². The lowest BCUT2D eigenvalue weighted by atomic mass is 10.1. The Labute approximate surface area is 173 Å². The Kier molecular flexibility index (Phi) is 6.06. The van der Waals surface area contributed by atoms with Crippen LogP contribution in [-0.2, 0) is 11.3 Å². The van der Waals surface area contributed by atoms with E-state index in [1.807, 2.05) is 6.07 Å². The van der Waals surface area contributed by atoms with Crippen molar-refractivity contribution < 1.29 is 4.74 Å². The molecule has 0 aliphatic carbocycles. The van der Waals surface area contributed by atoms with E-state index in [1.165, 1.54) is 5.56 Å². The van der Waals surface area contributed by atoms with E-state index in [-0.39, 0.29) is 0 Å². The van der Waals surface area contributed by atoms with Gasteiger partial charge in [-0.25, -0.2) is 4.98 Å². The molecule has 0 radical (unpaired) electrons. The van der Waals surface area contributed by atoms with Crippen LogP contribution in [0.15, 0.2) is 66.7 Å². The van der Waals surface area contributed by atoms with E-state index in [0.29, 0.717) is 19.3 Å². The lowest BCUT2D eigenvalue weighted by Gasteiger charge is -2.31. The summed E-state index contributed by atoms with van der Waals surface area (Å²) < 4.78 is 5.52. The van der Waals surface area contributed by atoms with Gasteiger partial charge in [0.1, 0.15) is 5.82 Å². The second kappa shape index (κ2) is 9.05. The summed E-state index contributed by atoms with van der Waals surface area (Å²) in [6.07, 6.45) is 0. The largest absolute Gasteiger partial charge is 0.378 e. The number of aromatic nitrogens is 2. The molecule has 1 saturated heterocycles. The minimum Gasteiger partial charge on any atom is -0.378 e. The van der Waals surface area contributed by atoms with Crippen LogP contribution in [-0.4, -0.2) is 42.3 Å². The summed E-state index contributed by atoms with van der Waals surface area (Å²) in [5.41, 5.74) is 3.33. The van der Waals surface area contributed by atoms with E-state index in [0.717, 1.165) is 42.7 Å². The van der Waals surface area contributed by atoms with E-state index in [1.54, 1.807) is 0 Å². The highest BCUT2D eigenvalue weighted by Crippen LogP contribution is 2.27. The molecule has 150 valence electrons. The van der Waals surface area contributed by atoms with Crippen LogP contribution >= 0.6 is 0 Å². The summed E-state index contributed by atoms with van der Waals surface area (Å²) in [4.78, 5) is 14.5. The second-order valence-electron chi connectivity index (χ2n) is 7.58. The van der Waals surface area contributed by atoms with Crippen LogP contribution in [0.4, 0.5) is 11.8 Å². The van der Waals surface area contributed by atoms with Crippen LogP contribution in [0.1, 0.15) is 19.4 Å². The molecule has 3 aromatic rings. The molecule has 2 aromatic carbocycles. The van der Waals surface area contributed by atoms with Gasteiger partial charge in [0.25, 0.3) is 0 Å². The van der Waals surface area contributed by atoms with E-state index >= 15 is 0 Å². The van der Waals surface area contributed by atoms with Crippen molar-refractivity contribution in [2.45, 2.75) is 26.4 Å². The quantitative estimate of drug-likeness (QED) is 0.626. The molecule has 29 heavy (non-hydrogen) atoms. The van der Waals surface area contributed by atoms with Crippen molar-refractivity contribution in [1.29, 1.82) is 0 Å². The summed E-state index contributed by atoms with van der Waals surface area (Å²) in [5, 5.41) is 0. The zero-order valence-corrected chi connectivity index (χ0v) is 17.2. The molecule has 5 heteroatoms. The van der Waals surface area contributed by atoms with Gasteiger partial charge in [0.15, 0.2) is 0 Å². The maximum Gasteiger partial charge on any atom is 0.228 e. The maximum atomic E-state index is 5.52. The first-order chi connectivity index (χ1) is 14.2. The van der Waals surface area contributed by atoms with Crippen molar-refractivity contribution in [2.75, 3.05) is 36.1 Å². The van der Waals surface area contributed by atoms with Gasteiger partial charge in [-0.05, 0) is 19.4 Å². The van der Waals surface area contributed by atoms with Gasteiger partial charge in [-0.15, -0.1) is 0 Å². The Hall–Kier alpha value is -2.92. The van der Waals surface area contributed by atoms with Gasteiger partial charge in [-0.3, -0.25) is 0 Å². The molecule has 0 bridgehead atoms. The van der Waals surface area contributed by atoms with Gasteiger partial charge < -0.3 is 14.5 Å². The van der Waals surface area contributed by atoms with Crippen LogP contribution < -0.4 is 9.80 Å². The third-order valence-corrected chi connectivity index (χ3v) is 5.18. The Balaban J connectivity index is 1.75. The summed E-state index contributed by atoms with van der Waals surface area (Å²) >= 11 is 0. The third-order valence-electron chi connectivity index (χ3n) is 5.18. The minimum absolute atomic E-state index is 0.311. The summed E-state index contributed by atoms with van der Waals surface area (Å²) in [6, 6.07) is 23.3. The highest BCUT2D eigenvalue weighted by Gasteiger charge is 2.20. The Morgan fingerprint density at radius 3 is 2.24 bits per heavy atom. The summed E-state index contributed by atoms with van der Waals surface area (Å²) in [5.74, 6) is 1.74. The van der Waals surface area contributed by atoms with E-state index in [9.17, 15) is 0 Å². The van der Waals surface area contributed by atoms with Gasteiger partial charge >= 0.3 is 0 Å².